The van der Waals surface area contributed by atoms with Crippen molar-refractivity contribution in [3.63, 3.8) is 0 Å². The molecule has 23 heavy (non-hydrogen) atoms. The standard InChI is InChI=1S/C15H22N4O2S.HI/c1-12(2)10-17-15(16)18-11-13-5-3-6-14(9-13)19-7-4-8-22(19,20)21;/h3,5-6,9H,1,4,7-8,10-11H2,2H3,(H3,16,17,18);1H. The molecule has 1 fully saturated rings. The number of nitrogens with two attached hydrogens (primary N) is 1. The largest absolute Gasteiger partial charge is 0.370 e. The van der Waals surface area contributed by atoms with Crippen LogP contribution in [0.3, 0.4) is 0 Å². The average Bonchev–Trinajstić information content (AvgIpc) is 2.82. The minimum absolute atomic E-state index is 0. The molecule has 0 aliphatic carbocycles. The Labute approximate surface area is 154 Å². The van der Waals surface area contributed by atoms with Crippen LogP contribution in [0.1, 0.15) is 18.9 Å². The number of hydrogen-bond acceptors (Lipinski definition) is 3. The lowest BCUT2D eigenvalue weighted by molar-refractivity contribution is 0.599. The second kappa shape index (κ2) is 8.53. The maximum Gasteiger partial charge on any atom is 0.235 e. The van der Waals surface area contributed by atoms with E-state index in [4.69, 9.17) is 5.73 Å². The van der Waals surface area contributed by atoms with Crippen molar-refractivity contribution < 1.29 is 8.42 Å². The topological polar surface area (TPSA) is 87.8 Å². The molecule has 0 amide bonds. The second-order valence-electron chi connectivity index (χ2n) is 5.42. The zero-order chi connectivity index (χ0) is 16.2. The van der Waals surface area contributed by atoms with Gasteiger partial charge in [0, 0.05) is 13.1 Å². The minimum Gasteiger partial charge on any atom is -0.370 e. The number of sulfonamides is 1. The highest BCUT2D eigenvalue weighted by atomic mass is 127. The van der Waals surface area contributed by atoms with E-state index in [9.17, 15) is 8.42 Å². The molecule has 0 bridgehead atoms. The molecule has 0 radical (unpaired) electrons. The molecule has 0 spiro atoms. The third kappa shape index (κ3) is 5.69. The average molecular weight is 450 g/mol. The van der Waals surface area contributed by atoms with E-state index in [0.717, 1.165) is 11.1 Å². The zero-order valence-electron chi connectivity index (χ0n) is 13.2. The van der Waals surface area contributed by atoms with E-state index in [1.54, 1.807) is 6.07 Å². The van der Waals surface area contributed by atoms with Crippen LogP contribution in [-0.4, -0.2) is 33.2 Å². The SMILES string of the molecule is C=C(C)CNC(N)=NCc1cccc(N2CCCS2(=O)=O)c1.I. The second-order valence-corrected chi connectivity index (χ2v) is 7.44. The third-order valence-corrected chi connectivity index (χ3v) is 5.17. The van der Waals surface area contributed by atoms with Crippen LogP contribution < -0.4 is 15.4 Å². The Morgan fingerprint density at radius 1 is 1.48 bits per heavy atom. The van der Waals surface area contributed by atoms with Gasteiger partial charge in [0.15, 0.2) is 5.96 Å². The first-order valence-corrected chi connectivity index (χ1v) is 8.77. The first-order valence-electron chi connectivity index (χ1n) is 7.16. The summed E-state index contributed by atoms with van der Waals surface area (Å²) in [7, 11) is -3.16. The number of nitrogens with one attached hydrogen (secondary N) is 1. The fraction of sp³-hybridized carbons (Fsp3) is 0.400. The van der Waals surface area contributed by atoms with Crippen molar-refractivity contribution in [3.05, 3.63) is 42.0 Å². The van der Waals surface area contributed by atoms with Crippen molar-refractivity contribution in [1.29, 1.82) is 0 Å². The molecular weight excluding hydrogens is 427 g/mol. The van der Waals surface area contributed by atoms with Crippen molar-refractivity contribution in [2.75, 3.05) is 23.1 Å². The number of anilines is 1. The molecule has 3 N–H and O–H groups in total. The van der Waals surface area contributed by atoms with Gasteiger partial charge in [-0.3, -0.25) is 4.31 Å². The van der Waals surface area contributed by atoms with Crippen LogP contribution in [0.4, 0.5) is 5.69 Å². The normalized spacial score (nSPS) is 16.7. The molecular formula is C15H23IN4O2S. The van der Waals surface area contributed by atoms with Crippen LogP contribution in [0, 0.1) is 0 Å². The van der Waals surface area contributed by atoms with E-state index in [0.29, 0.717) is 37.7 Å². The molecule has 6 nitrogen and oxygen atoms in total. The quantitative estimate of drug-likeness (QED) is 0.310. The van der Waals surface area contributed by atoms with E-state index in [2.05, 4.69) is 16.9 Å². The van der Waals surface area contributed by atoms with Crippen LogP contribution in [0.5, 0.6) is 0 Å². The zero-order valence-corrected chi connectivity index (χ0v) is 16.3. The molecule has 128 valence electrons. The van der Waals surface area contributed by atoms with Crippen molar-refractivity contribution >= 4 is 45.6 Å². The van der Waals surface area contributed by atoms with Crippen molar-refractivity contribution in [3.8, 4) is 0 Å². The van der Waals surface area contributed by atoms with Gasteiger partial charge in [-0.15, -0.1) is 24.0 Å². The minimum atomic E-state index is -3.16. The molecule has 0 aromatic heterocycles. The number of nitrogens with zero attached hydrogens (tertiary/aromatic N) is 2. The van der Waals surface area contributed by atoms with Gasteiger partial charge in [0.25, 0.3) is 0 Å². The number of benzene rings is 1. The predicted octanol–water partition coefficient (Wildman–Crippen LogP) is 1.82. The van der Waals surface area contributed by atoms with Crippen LogP contribution in [-0.2, 0) is 16.6 Å². The molecule has 1 aromatic carbocycles. The van der Waals surface area contributed by atoms with Crippen molar-refractivity contribution in [2.45, 2.75) is 19.9 Å². The van der Waals surface area contributed by atoms with Gasteiger partial charge in [0.05, 0.1) is 18.0 Å². The summed E-state index contributed by atoms with van der Waals surface area (Å²) in [5.41, 5.74) is 8.35. The molecule has 1 aromatic rings. The van der Waals surface area contributed by atoms with Crippen LogP contribution >= 0.6 is 24.0 Å². The van der Waals surface area contributed by atoms with E-state index in [1.807, 2.05) is 25.1 Å². The number of guanidine groups is 1. The Balaban J connectivity index is 0.00000264. The Hall–Kier alpha value is -1.29. The summed E-state index contributed by atoms with van der Waals surface area (Å²) in [6, 6.07) is 7.39. The summed E-state index contributed by atoms with van der Waals surface area (Å²) < 4.78 is 25.4. The van der Waals surface area contributed by atoms with Gasteiger partial charge in [-0.05, 0) is 31.0 Å². The van der Waals surface area contributed by atoms with Crippen molar-refractivity contribution in [2.24, 2.45) is 10.7 Å². The highest BCUT2D eigenvalue weighted by Crippen LogP contribution is 2.24. The summed E-state index contributed by atoms with van der Waals surface area (Å²) in [4.78, 5) is 4.24. The number of halogens is 1. The Kier molecular flexibility index (Phi) is 7.33. The maximum absolute atomic E-state index is 11.9. The lowest BCUT2D eigenvalue weighted by Gasteiger charge is -2.17. The highest BCUT2D eigenvalue weighted by Gasteiger charge is 2.28. The van der Waals surface area contributed by atoms with Gasteiger partial charge in [-0.25, -0.2) is 13.4 Å². The van der Waals surface area contributed by atoms with E-state index >= 15 is 0 Å². The molecule has 1 aliphatic rings. The highest BCUT2D eigenvalue weighted by molar-refractivity contribution is 14.0. The maximum atomic E-state index is 11.9. The summed E-state index contributed by atoms with van der Waals surface area (Å²) in [6.45, 7) is 7.21. The summed E-state index contributed by atoms with van der Waals surface area (Å²) in [6.07, 6.45) is 0.669. The fourth-order valence-corrected chi connectivity index (χ4v) is 3.77. The van der Waals surface area contributed by atoms with Gasteiger partial charge < -0.3 is 11.1 Å². The number of hydrogen-bond donors (Lipinski definition) is 2. The molecule has 0 unspecified atom stereocenters. The predicted molar refractivity (Wildman–Crippen MR) is 106 cm³/mol. The van der Waals surface area contributed by atoms with E-state index < -0.39 is 10.0 Å². The molecule has 0 saturated carbocycles. The van der Waals surface area contributed by atoms with Gasteiger partial charge in [-0.1, -0.05) is 24.3 Å². The molecule has 1 saturated heterocycles. The fourth-order valence-electron chi connectivity index (χ4n) is 2.21. The smallest absolute Gasteiger partial charge is 0.235 e. The Bertz CT molecular complexity index is 688. The Morgan fingerprint density at radius 2 is 2.22 bits per heavy atom. The Morgan fingerprint density at radius 3 is 2.83 bits per heavy atom. The van der Waals surface area contributed by atoms with Crippen LogP contribution in [0.15, 0.2) is 41.4 Å². The van der Waals surface area contributed by atoms with Gasteiger partial charge in [0.2, 0.25) is 10.0 Å². The molecule has 0 atom stereocenters. The van der Waals surface area contributed by atoms with Gasteiger partial charge >= 0.3 is 0 Å². The molecule has 2 rings (SSSR count). The lowest BCUT2D eigenvalue weighted by Crippen LogP contribution is -2.32. The molecule has 1 heterocycles. The monoisotopic (exact) mass is 450 g/mol. The number of aliphatic imine (C=N–C) groups is 1. The van der Waals surface area contributed by atoms with Gasteiger partial charge in [-0.2, -0.15) is 0 Å². The third-order valence-electron chi connectivity index (χ3n) is 3.30. The molecule has 1 aliphatic heterocycles. The summed E-state index contributed by atoms with van der Waals surface area (Å²) in [5, 5.41) is 2.96. The first kappa shape index (κ1) is 19.8. The summed E-state index contributed by atoms with van der Waals surface area (Å²) in [5.74, 6) is 0.565. The lowest BCUT2D eigenvalue weighted by atomic mass is 10.2. The molecule has 8 heteroatoms. The van der Waals surface area contributed by atoms with Crippen molar-refractivity contribution in [1.82, 2.24) is 5.32 Å². The van der Waals surface area contributed by atoms with Gasteiger partial charge in [0.1, 0.15) is 0 Å². The summed E-state index contributed by atoms with van der Waals surface area (Å²) >= 11 is 0. The van der Waals surface area contributed by atoms with Crippen LogP contribution in [0.2, 0.25) is 0 Å². The van der Waals surface area contributed by atoms with Crippen LogP contribution in [0.25, 0.3) is 0 Å². The number of rotatable bonds is 5. The van der Waals surface area contributed by atoms with E-state index in [-0.39, 0.29) is 29.7 Å². The first-order chi connectivity index (χ1) is 10.4. The van der Waals surface area contributed by atoms with E-state index in [1.165, 1.54) is 4.31 Å².